The van der Waals surface area contributed by atoms with Gasteiger partial charge in [0.25, 0.3) is 0 Å². The molecule has 40 heavy (non-hydrogen) atoms. The Morgan fingerprint density at radius 3 is 2.12 bits per heavy atom. The van der Waals surface area contributed by atoms with Gasteiger partial charge >= 0.3 is 0 Å². The summed E-state index contributed by atoms with van der Waals surface area (Å²) < 4.78 is 20.3. The minimum Gasteiger partial charge on any atom is -0.442 e. The van der Waals surface area contributed by atoms with Gasteiger partial charge in [0.1, 0.15) is 0 Å². The first-order valence-electron chi connectivity index (χ1n) is 12.1. The Hall–Kier alpha value is -5.52. The summed E-state index contributed by atoms with van der Waals surface area (Å²) >= 11 is 0. The number of fused-ring (bicyclic) bond motifs is 4. The van der Waals surface area contributed by atoms with E-state index < -0.39 is 0 Å². The average Bonchev–Trinajstić information content (AvgIpc) is 3.75. The Morgan fingerprint density at radius 2 is 1.30 bits per heavy atom. The molecule has 0 unspecified atom stereocenters. The van der Waals surface area contributed by atoms with E-state index in [1.165, 1.54) is 19.2 Å². The first kappa shape index (κ1) is 26.1. The van der Waals surface area contributed by atoms with Crippen LogP contribution in [0.15, 0.2) is 91.8 Å². The predicted molar refractivity (Wildman–Crippen MR) is 146 cm³/mol. The number of pyridine rings is 4. The second-order valence-corrected chi connectivity index (χ2v) is 8.50. The van der Waals surface area contributed by atoms with Crippen molar-refractivity contribution in [3.63, 3.8) is 0 Å². The van der Waals surface area contributed by atoms with E-state index in [1.54, 1.807) is 18.6 Å². The van der Waals surface area contributed by atoms with Crippen molar-refractivity contribution in [3.8, 4) is 0 Å². The van der Waals surface area contributed by atoms with Crippen LogP contribution in [-0.4, -0.2) is 39.9 Å². The highest BCUT2D eigenvalue weighted by Gasteiger charge is 2.01. The molecule has 0 aromatic carbocycles. The highest BCUT2D eigenvalue weighted by molar-refractivity contribution is 5.70. The van der Waals surface area contributed by atoms with Gasteiger partial charge in [0, 0.05) is 31.2 Å². The van der Waals surface area contributed by atoms with E-state index in [4.69, 9.17) is 17.7 Å². The summed E-state index contributed by atoms with van der Waals surface area (Å²) in [5, 5.41) is 0. The summed E-state index contributed by atoms with van der Waals surface area (Å²) in [5.74, 6) is 0.661. The van der Waals surface area contributed by atoms with Gasteiger partial charge in [-0.05, 0) is 68.3 Å². The Balaban J connectivity index is 0.000000108. The molecule has 8 aromatic rings. The monoisotopic (exact) mass is 536 g/mol. The number of hydrogen-bond acceptors (Lipinski definition) is 12. The first-order valence-corrected chi connectivity index (χ1v) is 12.1. The number of oxazole rings is 4. The number of aromatic nitrogens is 8. The quantitative estimate of drug-likeness (QED) is 0.219. The lowest BCUT2D eigenvalue weighted by atomic mass is 10.3. The van der Waals surface area contributed by atoms with Crippen molar-refractivity contribution in [2.45, 2.75) is 27.7 Å². The third-order valence-electron chi connectivity index (χ3n) is 5.36. The maximum atomic E-state index is 5.19. The molecule has 0 spiro atoms. The van der Waals surface area contributed by atoms with Crippen LogP contribution in [0.25, 0.3) is 44.9 Å². The Kier molecular flexibility index (Phi) is 7.77. The Bertz CT molecular complexity index is 1880. The number of hydrogen-bond donors (Lipinski definition) is 0. The summed E-state index contributed by atoms with van der Waals surface area (Å²) in [4.78, 5) is 31.9. The van der Waals surface area contributed by atoms with E-state index in [0.717, 1.165) is 39.2 Å². The minimum atomic E-state index is 0.661. The molecule has 0 saturated heterocycles. The molecule has 0 amide bonds. The lowest BCUT2D eigenvalue weighted by Gasteiger charge is -1.88. The van der Waals surface area contributed by atoms with Crippen molar-refractivity contribution < 1.29 is 17.7 Å². The first-order chi connectivity index (χ1) is 19.5. The summed E-state index contributed by atoms with van der Waals surface area (Å²) in [6.45, 7) is 7.67. The van der Waals surface area contributed by atoms with Crippen molar-refractivity contribution in [2.24, 2.45) is 0 Å². The molecule has 0 bridgehead atoms. The molecule has 12 heteroatoms. The van der Waals surface area contributed by atoms with Crippen molar-refractivity contribution in [1.82, 2.24) is 39.9 Å². The zero-order valence-corrected chi connectivity index (χ0v) is 22.1. The number of aryl methyl sites for hydroxylation is 4. The topological polar surface area (TPSA) is 156 Å². The van der Waals surface area contributed by atoms with Crippen molar-refractivity contribution in [1.29, 1.82) is 0 Å². The van der Waals surface area contributed by atoms with Crippen LogP contribution in [0, 0.1) is 27.7 Å². The Morgan fingerprint density at radius 1 is 0.575 bits per heavy atom. The highest BCUT2D eigenvalue weighted by Crippen LogP contribution is 2.13. The van der Waals surface area contributed by atoms with Crippen molar-refractivity contribution in [2.75, 3.05) is 0 Å². The van der Waals surface area contributed by atoms with Gasteiger partial charge in [-0.25, -0.2) is 19.9 Å². The van der Waals surface area contributed by atoms with Gasteiger partial charge in [0.2, 0.25) is 0 Å². The molecule has 0 aliphatic rings. The zero-order valence-electron chi connectivity index (χ0n) is 22.1. The summed E-state index contributed by atoms with van der Waals surface area (Å²) in [6, 6.07) is 11.2. The molecule has 8 heterocycles. The SMILES string of the molecule is Cc1ccc2ocnc2n1.Cc1ccnc2ncoc12.Cc1cnc2ncoc2c1.Cc1nc2ncccc2o1. The highest BCUT2D eigenvalue weighted by atomic mass is 16.4. The Labute approximate surface area is 227 Å². The third-order valence-corrected chi connectivity index (χ3v) is 5.36. The summed E-state index contributed by atoms with van der Waals surface area (Å²) in [5.41, 5.74) is 8.85. The fourth-order valence-corrected chi connectivity index (χ4v) is 3.47. The van der Waals surface area contributed by atoms with Crippen LogP contribution in [0.1, 0.15) is 22.7 Å². The van der Waals surface area contributed by atoms with Gasteiger partial charge in [-0.15, -0.1) is 0 Å². The van der Waals surface area contributed by atoms with E-state index in [0.29, 0.717) is 28.5 Å². The normalized spacial score (nSPS) is 10.5. The van der Waals surface area contributed by atoms with Crippen molar-refractivity contribution >= 4 is 44.9 Å². The van der Waals surface area contributed by atoms with E-state index in [1.807, 2.05) is 64.1 Å². The minimum absolute atomic E-state index is 0.661. The fourth-order valence-electron chi connectivity index (χ4n) is 3.47. The summed E-state index contributed by atoms with van der Waals surface area (Å²) in [6.07, 6.45) is 9.40. The third kappa shape index (κ3) is 6.30. The zero-order chi connectivity index (χ0) is 27.9. The smallest absolute Gasteiger partial charge is 0.198 e. The fraction of sp³-hybridized carbons (Fsp3) is 0.143. The van der Waals surface area contributed by atoms with Crippen LogP contribution in [0.3, 0.4) is 0 Å². The molecule has 0 fully saturated rings. The molecule has 0 aliphatic heterocycles. The maximum Gasteiger partial charge on any atom is 0.198 e. The van der Waals surface area contributed by atoms with E-state index in [2.05, 4.69) is 39.9 Å². The molecule has 8 rings (SSSR count). The molecule has 8 aromatic heterocycles. The van der Waals surface area contributed by atoms with E-state index in [-0.39, 0.29) is 0 Å². The maximum absolute atomic E-state index is 5.19. The molecule has 0 N–H and O–H groups in total. The molecule has 200 valence electrons. The van der Waals surface area contributed by atoms with Crippen LogP contribution in [0.4, 0.5) is 0 Å². The van der Waals surface area contributed by atoms with Crippen molar-refractivity contribution in [3.05, 3.63) is 96.9 Å². The van der Waals surface area contributed by atoms with Crippen LogP contribution in [0.2, 0.25) is 0 Å². The predicted octanol–water partition coefficient (Wildman–Crippen LogP) is 6.12. The van der Waals surface area contributed by atoms with Crippen LogP contribution < -0.4 is 0 Å². The molecule has 0 saturated carbocycles. The van der Waals surface area contributed by atoms with Gasteiger partial charge in [-0.2, -0.15) is 19.9 Å². The van der Waals surface area contributed by atoms with E-state index >= 15 is 0 Å². The average molecular weight is 537 g/mol. The van der Waals surface area contributed by atoms with Gasteiger partial charge < -0.3 is 17.7 Å². The number of rotatable bonds is 0. The lowest BCUT2D eigenvalue weighted by molar-refractivity contribution is 0.561. The lowest BCUT2D eigenvalue weighted by Crippen LogP contribution is -1.79. The second kappa shape index (κ2) is 11.9. The van der Waals surface area contributed by atoms with E-state index in [9.17, 15) is 0 Å². The van der Waals surface area contributed by atoms with Crippen LogP contribution in [-0.2, 0) is 0 Å². The molecular weight excluding hydrogens is 512 g/mol. The molecule has 0 aliphatic carbocycles. The molecule has 0 radical (unpaired) electrons. The van der Waals surface area contributed by atoms with Gasteiger partial charge in [-0.1, -0.05) is 0 Å². The molecule has 0 atom stereocenters. The largest absolute Gasteiger partial charge is 0.442 e. The van der Waals surface area contributed by atoms with Gasteiger partial charge in [0.05, 0.1) is 0 Å². The number of nitrogens with zero attached hydrogens (tertiary/aromatic N) is 8. The van der Waals surface area contributed by atoms with Gasteiger partial charge in [0.15, 0.2) is 70.0 Å². The second-order valence-electron chi connectivity index (χ2n) is 8.50. The van der Waals surface area contributed by atoms with Crippen LogP contribution >= 0.6 is 0 Å². The summed E-state index contributed by atoms with van der Waals surface area (Å²) in [7, 11) is 0. The molecular formula is C28H24N8O4. The molecule has 12 nitrogen and oxygen atoms in total. The van der Waals surface area contributed by atoms with Gasteiger partial charge in [-0.3, -0.25) is 0 Å². The van der Waals surface area contributed by atoms with Crippen LogP contribution in [0.5, 0.6) is 0 Å². The standard InChI is InChI=1S/4C7H6N2O/c1-5-2-6-7(8-3-5)9-4-10-6;1-5-2-3-8-7-6(5)10-4-9-7;1-5-2-3-6-7(9-5)8-4-10-6;1-5-9-7-6(10-5)3-2-4-8-7/h4*2-4H,1H3.